The third-order valence-corrected chi connectivity index (χ3v) is 3.18. The molecule has 2 unspecified atom stereocenters. The molecule has 1 saturated heterocycles. The van der Waals surface area contributed by atoms with Gasteiger partial charge in [-0.3, -0.25) is 0 Å². The van der Waals surface area contributed by atoms with Crippen LogP contribution in [0.3, 0.4) is 0 Å². The summed E-state index contributed by atoms with van der Waals surface area (Å²) in [4.78, 5) is 0. The molecule has 17 heavy (non-hydrogen) atoms. The zero-order valence-electron chi connectivity index (χ0n) is 8.95. The lowest BCUT2D eigenvalue weighted by atomic mass is 10.0. The number of anilines is 1. The summed E-state index contributed by atoms with van der Waals surface area (Å²) >= 11 is 3.32. The zero-order chi connectivity index (χ0) is 12.4. The second kappa shape index (κ2) is 5.32. The Labute approximate surface area is 107 Å². The second-order valence-corrected chi connectivity index (χ2v) is 4.87. The Morgan fingerprint density at radius 1 is 1.12 bits per heavy atom. The van der Waals surface area contributed by atoms with E-state index in [2.05, 4.69) is 21.2 Å². The van der Waals surface area contributed by atoms with Gasteiger partial charge in [-0.2, -0.15) is 0 Å². The molecule has 1 fully saturated rings. The summed E-state index contributed by atoms with van der Waals surface area (Å²) in [5, 5.41) is 31.5. The van der Waals surface area contributed by atoms with Gasteiger partial charge in [0.2, 0.25) is 0 Å². The molecule has 1 aromatic rings. The van der Waals surface area contributed by atoms with Crippen molar-refractivity contribution in [1.82, 2.24) is 0 Å². The predicted molar refractivity (Wildman–Crippen MR) is 65.5 cm³/mol. The second-order valence-electron chi connectivity index (χ2n) is 3.95. The summed E-state index contributed by atoms with van der Waals surface area (Å²) in [5.74, 6) is 0. The van der Waals surface area contributed by atoms with E-state index in [1.54, 1.807) is 0 Å². The van der Waals surface area contributed by atoms with E-state index in [1.807, 2.05) is 24.3 Å². The minimum absolute atomic E-state index is 0.00752. The van der Waals surface area contributed by atoms with Crippen LogP contribution in [0, 0.1) is 0 Å². The van der Waals surface area contributed by atoms with E-state index < -0.39 is 24.5 Å². The largest absolute Gasteiger partial charge is 0.388 e. The Bertz CT molecular complexity index is 372. The number of ether oxygens (including phenoxy) is 1. The van der Waals surface area contributed by atoms with Crippen LogP contribution in [-0.4, -0.2) is 46.5 Å². The number of aliphatic hydroxyl groups is 3. The number of nitrogens with one attached hydrogen (secondary N) is 1. The van der Waals surface area contributed by atoms with E-state index >= 15 is 0 Å². The van der Waals surface area contributed by atoms with Gasteiger partial charge >= 0.3 is 0 Å². The first-order chi connectivity index (χ1) is 8.08. The standard InChI is InChI=1S/C11H14BrNO4/c12-6-1-3-7(4-2-6)13-11-10(16)9(15)8(14)5-17-11/h1-4,8-11,13-16H,5H2/t8-,9?,10?,11-/m1/s1. The normalized spacial score (nSPS) is 33.4. The quantitative estimate of drug-likeness (QED) is 0.632. The van der Waals surface area contributed by atoms with Crippen LogP contribution in [0.5, 0.6) is 0 Å². The van der Waals surface area contributed by atoms with Crippen molar-refractivity contribution in [3.05, 3.63) is 28.7 Å². The van der Waals surface area contributed by atoms with E-state index in [4.69, 9.17) is 4.74 Å². The molecule has 1 aliphatic heterocycles. The van der Waals surface area contributed by atoms with Crippen LogP contribution in [0.25, 0.3) is 0 Å². The maximum absolute atomic E-state index is 9.72. The van der Waals surface area contributed by atoms with Crippen LogP contribution < -0.4 is 5.32 Å². The van der Waals surface area contributed by atoms with Crippen LogP contribution in [0.15, 0.2) is 28.7 Å². The summed E-state index contributed by atoms with van der Waals surface area (Å²) in [5.41, 5.74) is 0.765. The fourth-order valence-electron chi connectivity index (χ4n) is 1.64. The van der Waals surface area contributed by atoms with Crippen molar-refractivity contribution in [2.24, 2.45) is 0 Å². The third kappa shape index (κ3) is 2.97. The Morgan fingerprint density at radius 2 is 1.76 bits per heavy atom. The number of hydrogen-bond acceptors (Lipinski definition) is 5. The van der Waals surface area contributed by atoms with Gasteiger partial charge in [-0.1, -0.05) is 15.9 Å². The molecule has 4 atom stereocenters. The topological polar surface area (TPSA) is 82.0 Å². The number of rotatable bonds is 2. The van der Waals surface area contributed by atoms with Crippen molar-refractivity contribution in [2.45, 2.75) is 24.5 Å². The lowest BCUT2D eigenvalue weighted by molar-refractivity contribution is -0.178. The van der Waals surface area contributed by atoms with E-state index in [-0.39, 0.29) is 6.61 Å². The number of halogens is 1. The van der Waals surface area contributed by atoms with Gasteiger partial charge in [-0.15, -0.1) is 0 Å². The van der Waals surface area contributed by atoms with Crippen molar-refractivity contribution in [3.63, 3.8) is 0 Å². The third-order valence-electron chi connectivity index (χ3n) is 2.65. The number of benzene rings is 1. The first-order valence-electron chi connectivity index (χ1n) is 5.26. The lowest BCUT2D eigenvalue weighted by Gasteiger charge is -2.35. The van der Waals surface area contributed by atoms with Crippen molar-refractivity contribution >= 4 is 21.6 Å². The molecule has 0 aliphatic carbocycles. The highest BCUT2D eigenvalue weighted by atomic mass is 79.9. The lowest BCUT2D eigenvalue weighted by Crippen LogP contribution is -2.55. The van der Waals surface area contributed by atoms with Gasteiger partial charge in [-0.05, 0) is 24.3 Å². The van der Waals surface area contributed by atoms with Gasteiger partial charge in [0.05, 0.1) is 6.61 Å². The molecule has 0 aromatic heterocycles. The van der Waals surface area contributed by atoms with Gasteiger partial charge in [0.1, 0.15) is 18.3 Å². The molecule has 1 aromatic carbocycles. The van der Waals surface area contributed by atoms with Crippen LogP contribution >= 0.6 is 15.9 Å². The minimum Gasteiger partial charge on any atom is -0.388 e. The average Bonchev–Trinajstić information content (AvgIpc) is 2.33. The highest BCUT2D eigenvalue weighted by molar-refractivity contribution is 9.10. The van der Waals surface area contributed by atoms with Gasteiger partial charge in [0.15, 0.2) is 6.23 Å². The van der Waals surface area contributed by atoms with E-state index in [1.165, 1.54) is 0 Å². The molecule has 1 aliphatic rings. The van der Waals surface area contributed by atoms with Crippen LogP contribution in [0.1, 0.15) is 0 Å². The molecule has 0 spiro atoms. The molecular formula is C11H14BrNO4. The van der Waals surface area contributed by atoms with Crippen LogP contribution in [0.2, 0.25) is 0 Å². The monoisotopic (exact) mass is 303 g/mol. The fraction of sp³-hybridized carbons (Fsp3) is 0.455. The molecular weight excluding hydrogens is 290 g/mol. The molecule has 0 bridgehead atoms. The van der Waals surface area contributed by atoms with Crippen molar-refractivity contribution in [3.8, 4) is 0 Å². The van der Waals surface area contributed by atoms with Crippen LogP contribution in [-0.2, 0) is 4.74 Å². The fourth-order valence-corrected chi connectivity index (χ4v) is 1.91. The number of hydrogen-bond donors (Lipinski definition) is 4. The Hall–Kier alpha value is -0.660. The van der Waals surface area contributed by atoms with Crippen molar-refractivity contribution in [2.75, 3.05) is 11.9 Å². The van der Waals surface area contributed by atoms with Crippen LogP contribution in [0.4, 0.5) is 5.69 Å². The smallest absolute Gasteiger partial charge is 0.156 e. The minimum atomic E-state index is -1.20. The first kappa shape index (κ1) is 12.8. The molecule has 1 heterocycles. The van der Waals surface area contributed by atoms with Gasteiger partial charge in [-0.25, -0.2) is 0 Å². The SMILES string of the molecule is OC1C(O)[C@H](Nc2ccc(Br)cc2)OC[C@H]1O. The molecule has 6 heteroatoms. The summed E-state index contributed by atoms with van der Waals surface area (Å²) < 4.78 is 6.17. The predicted octanol–water partition coefficient (Wildman–Crippen LogP) is 0.300. The molecule has 2 rings (SSSR count). The van der Waals surface area contributed by atoms with Crippen molar-refractivity contribution < 1.29 is 20.1 Å². The Balaban J connectivity index is 2.01. The highest BCUT2D eigenvalue weighted by Crippen LogP contribution is 2.20. The maximum atomic E-state index is 9.72. The molecule has 5 nitrogen and oxygen atoms in total. The van der Waals surface area contributed by atoms with Gasteiger partial charge in [0.25, 0.3) is 0 Å². The highest BCUT2D eigenvalue weighted by Gasteiger charge is 2.37. The van der Waals surface area contributed by atoms with E-state index in [0.717, 1.165) is 10.2 Å². The summed E-state index contributed by atoms with van der Waals surface area (Å²) in [7, 11) is 0. The Morgan fingerprint density at radius 3 is 2.41 bits per heavy atom. The molecule has 4 N–H and O–H groups in total. The van der Waals surface area contributed by atoms with E-state index in [9.17, 15) is 15.3 Å². The maximum Gasteiger partial charge on any atom is 0.156 e. The van der Waals surface area contributed by atoms with Crippen molar-refractivity contribution in [1.29, 1.82) is 0 Å². The molecule has 0 amide bonds. The Kier molecular flexibility index (Phi) is 4.01. The van der Waals surface area contributed by atoms with Gasteiger partial charge in [0, 0.05) is 10.2 Å². The average molecular weight is 304 g/mol. The summed E-state index contributed by atoms with van der Waals surface area (Å²) in [6.45, 7) is -0.00752. The molecule has 0 radical (unpaired) electrons. The summed E-state index contributed by atoms with van der Waals surface area (Å²) in [6, 6.07) is 7.33. The zero-order valence-corrected chi connectivity index (χ0v) is 10.5. The first-order valence-corrected chi connectivity index (χ1v) is 6.05. The summed E-state index contributed by atoms with van der Waals surface area (Å²) in [6.07, 6.45) is -4.14. The van der Waals surface area contributed by atoms with E-state index in [0.29, 0.717) is 0 Å². The molecule has 94 valence electrons. The number of aliphatic hydroxyl groups excluding tert-OH is 3. The molecule has 0 saturated carbocycles. The van der Waals surface area contributed by atoms with Gasteiger partial charge < -0.3 is 25.4 Å².